The molecule has 0 aromatic carbocycles. The molecule has 0 amide bonds. The van der Waals surface area contributed by atoms with E-state index in [0.717, 1.165) is 3.57 Å². The molecular weight excluding hydrogens is 293 g/mol. The summed E-state index contributed by atoms with van der Waals surface area (Å²) in [6.07, 6.45) is 3.05. The van der Waals surface area contributed by atoms with E-state index in [1.165, 1.54) is 6.33 Å². The quantitative estimate of drug-likeness (QED) is 0.613. The zero-order valence-electron chi connectivity index (χ0n) is 7.18. The summed E-state index contributed by atoms with van der Waals surface area (Å²) in [4.78, 5) is 9.46. The first-order chi connectivity index (χ1) is 6.79. The Morgan fingerprint density at radius 1 is 1.36 bits per heavy atom. The second-order valence-electron chi connectivity index (χ2n) is 2.37. The molecule has 1 rings (SSSR count). The number of hydrogen-bond donors (Lipinski definition) is 0. The predicted molar refractivity (Wildman–Crippen MR) is 58.2 cm³/mol. The monoisotopic (exact) mass is 299 g/mol. The van der Waals surface area contributed by atoms with Gasteiger partial charge >= 0.3 is 0 Å². The molecule has 0 unspecified atom stereocenters. The van der Waals surface area contributed by atoms with Crippen molar-refractivity contribution in [3.05, 3.63) is 16.1 Å². The fourth-order valence-electron chi connectivity index (χ4n) is 0.915. The number of nitrogens with zero attached hydrogens (tertiary/aromatic N) is 5. The molecule has 0 aliphatic heterocycles. The second kappa shape index (κ2) is 5.35. The molecule has 1 heterocycles. The van der Waals surface area contributed by atoms with E-state index in [0.29, 0.717) is 5.82 Å². The lowest BCUT2D eigenvalue weighted by molar-refractivity contribution is 0.919. The Bertz CT molecular complexity index is 375. The van der Waals surface area contributed by atoms with E-state index in [1.54, 1.807) is 11.1 Å². The van der Waals surface area contributed by atoms with Crippen LogP contribution in [-0.4, -0.2) is 23.1 Å². The van der Waals surface area contributed by atoms with Crippen molar-refractivity contribution in [1.82, 2.24) is 9.97 Å². The minimum atomic E-state index is 0.153. The first-order valence-corrected chi connectivity index (χ1v) is 4.81. The van der Waals surface area contributed by atoms with Gasteiger partial charge in [0, 0.05) is 6.20 Å². The van der Waals surface area contributed by atoms with Crippen molar-refractivity contribution in [2.75, 3.05) is 18.0 Å². The van der Waals surface area contributed by atoms with Crippen molar-refractivity contribution >= 4 is 28.4 Å². The summed E-state index contributed by atoms with van der Waals surface area (Å²) in [6, 6.07) is 3.98. The first kappa shape index (κ1) is 10.7. The van der Waals surface area contributed by atoms with Crippen LogP contribution in [0.15, 0.2) is 12.5 Å². The zero-order valence-corrected chi connectivity index (χ0v) is 9.34. The maximum absolute atomic E-state index is 8.57. The fourth-order valence-corrected chi connectivity index (χ4v) is 1.56. The van der Waals surface area contributed by atoms with E-state index in [9.17, 15) is 0 Å². The molecule has 0 atom stereocenters. The Kier molecular flexibility index (Phi) is 4.08. The van der Waals surface area contributed by atoms with E-state index in [-0.39, 0.29) is 13.1 Å². The van der Waals surface area contributed by atoms with Crippen LogP contribution in [0.3, 0.4) is 0 Å². The van der Waals surface area contributed by atoms with Gasteiger partial charge in [-0.15, -0.1) is 0 Å². The van der Waals surface area contributed by atoms with Crippen molar-refractivity contribution in [3.8, 4) is 12.1 Å². The standard InChI is InChI=1S/C8H6IN5/c9-7-5-12-6-13-8(7)14(3-1-10)4-2-11/h5-6H,3-4H2. The highest BCUT2D eigenvalue weighted by atomic mass is 127. The lowest BCUT2D eigenvalue weighted by atomic mass is 10.4. The highest BCUT2D eigenvalue weighted by Gasteiger charge is 2.10. The summed E-state index contributed by atoms with van der Waals surface area (Å²) in [5.74, 6) is 0.628. The lowest BCUT2D eigenvalue weighted by Gasteiger charge is -2.17. The number of aromatic nitrogens is 2. The molecule has 0 saturated carbocycles. The molecule has 70 valence electrons. The average Bonchev–Trinajstić information content (AvgIpc) is 2.18. The van der Waals surface area contributed by atoms with Crippen LogP contribution in [-0.2, 0) is 0 Å². The van der Waals surface area contributed by atoms with E-state index >= 15 is 0 Å². The molecule has 0 spiro atoms. The van der Waals surface area contributed by atoms with Gasteiger partial charge in [0.25, 0.3) is 0 Å². The Hall–Kier alpha value is -1.41. The van der Waals surface area contributed by atoms with Gasteiger partial charge in [-0.3, -0.25) is 0 Å². The van der Waals surface area contributed by atoms with E-state index in [4.69, 9.17) is 10.5 Å². The topological polar surface area (TPSA) is 76.6 Å². The van der Waals surface area contributed by atoms with Crippen LogP contribution in [0.25, 0.3) is 0 Å². The normalized spacial score (nSPS) is 8.79. The van der Waals surface area contributed by atoms with Gasteiger partial charge in [-0.05, 0) is 22.6 Å². The highest BCUT2D eigenvalue weighted by Crippen LogP contribution is 2.16. The molecule has 1 aromatic heterocycles. The molecule has 6 heteroatoms. The van der Waals surface area contributed by atoms with Crippen LogP contribution in [0.4, 0.5) is 5.82 Å². The van der Waals surface area contributed by atoms with Crippen molar-refractivity contribution in [1.29, 1.82) is 10.5 Å². The minimum Gasteiger partial charge on any atom is -0.329 e. The molecule has 0 aliphatic carbocycles. The van der Waals surface area contributed by atoms with Gasteiger partial charge in [0.05, 0.1) is 15.7 Å². The third-order valence-electron chi connectivity index (χ3n) is 1.47. The van der Waals surface area contributed by atoms with Gasteiger partial charge in [-0.1, -0.05) is 0 Å². The molecular formula is C8H6IN5. The fraction of sp³-hybridized carbons (Fsp3) is 0.250. The summed E-state index contributed by atoms with van der Waals surface area (Å²) in [5, 5.41) is 17.1. The summed E-state index contributed by atoms with van der Waals surface area (Å²) in [5.41, 5.74) is 0. The van der Waals surface area contributed by atoms with Crippen molar-refractivity contribution < 1.29 is 0 Å². The van der Waals surface area contributed by atoms with Gasteiger partial charge in [-0.25, -0.2) is 9.97 Å². The van der Waals surface area contributed by atoms with E-state index in [1.807, 2.05) is 12.1 Å². The smallest absolute Gasteiger partial charge is 0.147 e. The Balaban J connectivity index is 2.95. The maximum atomic E-state index is 8.57. The van der Waals surface area contributed by atoms with Gasteiger partial charge < -0.3 is 4.90 Å². The van der Waals surface area contributed by atoms with E-state index in [2.05, 4.69) is 32.6 Å². The van der Waals surface area contributed by atoms with Gasteiger partial charge in [0.2, 0.25) is 0 Å². The van der Waals surface area contributed by atoms with Crippen LogP contribution >= 0.6 is 22.6 Å². The van der Waals surface area contributed by atoms with E-state index < -0.39 is 0 Å². The van der Waals surface area contributed by atoms with Gasteiger partial charge in [0.15, 0.2) is 0 Å². The minimum absolute atomic E-state index is 0.153. The second-order valence-corrected chi connectivity index (χ2v) is 3.53. The largest absolute Gasteiger partial charge is 0.329 e. The van der Waals surface area contributed by atoms with Crippen LogP contribution in [0.2, 0.25) is 0 Å². The number of hydrogen-bond acceptors (Lipinski definition) is 5. The summed E-state index contributed by atoms with van der Waals surface area (Å²) >= 11 is 2.07. The number of nitriles is 2. The molecule has 0 aliphatic rings. The van der Waals surface area contributed by atoms with Crippen molar-refractivity contribution in [2.24, 2.45) is 0 Å². The SMILES string of the molecule is N#CCN(CC#N)c1ncncc1I. The number of halogens is 1. The summed E-state index contributed by atoms with van der Waals surface area (Å²) in [6.45, 7) is 0.307. The average molecular weight is 299 g/mol. The molecule has 1 aromatic rings. The third-order valence-corrected chi connectivity index (χ3v) is 2.23. The molecule has 14 heavy (non-hydrogen) atoms. The highest BCUT2D eigenvalue weighted by molar-refractivity contribution is 14.1. The lowest BCUT2D eigenvalue weighted by Crippen LogP contribution is -2.25. The Morgan fingerprint density at radius 2 is 2.00 bits per heavy atom. The summed E-state index contributed by atoms with van der Waals surface area (Å²) < 4.78 is 0.829. The predicted octanol–water partition coefficient (Wildman–Crippen LogP) is 0.935. The van der Waals surface area contributed by atoms with Crippen LogP contribution in [0.5, 0.6) is 0 Å². The molecule has 5 nitrogen and oxygen atoms in total. The van der Waals surface area contributed by atoms with Gasteiger partial charge in [-0.2, -0.15) is 10.5 Å². The first-order valence-electron chi connectivity index (χ1n) is 3.74. The number of anilines is 1. The third kappa shape index (κ3) is 2.54. The summed E-state index contributed by atoms with van der Waals surface area (Å²) in [7, 11) is 0. The van der Waals surface area contributed by atoms with Crippen molar-refractivity contribution in [3.63, 3.8) is 0 Å². The van der Waals surface area contributed by atoms with Crippen molar-refractivity contribution in [2.45, 2.75) is 0 Å². The van der Waals surface area contributed by atoms with Crippen LogP contribution in [0, 0.1) is 26.2 Å². The van der Waals surface area contributed by atoms with Gasteiger partial charge in [0.1, 0.15) is 25.2 Å². The van der Waals surface area contributed by atoms with Crippen LogP contribution < -0.4 is 4.90 Å². The Morgan fingerprint density at radius 3 is 2.50 bits per heavy atom. The van der Waals surface area contributed by atoms with Crippen LogP contribution in [0.1, 0.15) is 0 Å². The molecule has 0 N–H and O–H groups in total. The molecule has 0 radical (unpaired) electrons. The molecule has 0 bridgehead atoms. The molecule has 0 fully saturated rings. The Labute approximate surface area is 95.1 Å². The zero-order chi connectivity index (χ0) is 10.4. The number of rotatable bonds is 3. The maximum Gasteiger partial charge on any atom is 0.147 e. The molecule has 0 saturated heterocycles.